The first-order valence-corrected chi connectivity index (χ1v) is 9.50. The van der Waals surface area contributed by atoms with Crippen LogP contribution in [0.2, 0.25) is 0 Å². The van der Waals surface area contributed by atoms with E-state index in [1.165, 1.54) is 17.5 Å². The Morgan fingerprint density at radius 3 is 2.62 bits per heavy atom. The zero-order valence-electron chi connectivity index (χ0n) is 16.8. The van der Waals surface area contributed by atoms with Gasteiger partial charge in [-0.2, -0.15) is 0 Å². The third-order valence-electron chi connectivity index (χ3n) is 4.51. The predicted molar refractivity (Wildman–Crippen MR) is 109 cm³/mol. The molecule has 0 saturated carbocycles. The lowest BCUT2D eigenvalue weighted by Gasteiger charge is -2.19. The standard InChI is InChI=1S/C21H33N5/c1-16(2)9-10-17(3)25-21(22-5)24-14-19-7-6-8-20(13-19)15-26-12-11-23-18(26)4/h6-8,11-13,16-17H,9-10,14-15H2,1-5H3,(H2,22,24,25). The Morgan fingerprint density at radius 2 is 1.96 bits per heavy atom. The minimum Gasteiger partial charge on any atom is -0.354 e. The van der Waals surface area contributed by atoms with Crippen molar-refractivity contribution in [2.45, 2.75) is 59.7 Å². The zero-order valence-corrected chi connectivity index (χ0v) is 16.8. The van der Waals surface area contributed by atoms with Crippen molar-refractivity contribution in [3.05, 3.63) is 53.6 Å². The first-order chi connectivity index (χ1) is 12.5. The highest BCUT2D eigenvalue weighted by atomic mass is 15.2. The molecule has 5 nitrogen and oxygen atoms in total. The Hall–Kier alpha value is -2.30. The maximum absolute atomic E-state index is 4.35. The second-order valence-electron chi connectivity index (χ2n) is 7.36. The summed E-state index contributed by atoms with van der Waals surface area (Å²) in [5.41, 5.74) is 2.52. The van der Waals surface area contributed by atoms with Crippen molar-refractivity contribution in [2.75, 3.05) is 7.05 Å². The number of guanidine groups is 1. The number of hydrogen-bond donors (Lipinski definition) is 2. The second kappa shape index (κ2) is 10.00. The highest BCUT2D eigenvalue weighted by molar-refractivity contribution is 5.79. The van der Waals surface area contributed by atoms with Crippen molar-refractivity contribution in [2.24, 2.45) is 10.9 Å². The molecule has 0 saturated heterocycles. The van der Waals surface area contributed by atoms with Gasteiger partial charge in [0.15, 0.2) is 5.96 Å². The molecule has 2 aromatic rings. The summed E-state index contributed by atoms with van der Waals surface area (Å²) >= 11 is 0. The average Bonchev–Trinajstić information content (AvgIpc) is 3.02. The average molecular weight is 356 g/mol. The minimum atomic E-state index is 0.416. The highest BCUT2D eigenvalue weighted by Gasteiger charge is 2.07. The molecule has 0 bridgehead atoms. The van der Waals surface area contributed by atoms with Crippen molar-refractivity contribution in [1.29, 1.82) is 0 Å². The Bertz CT molecular complexity index is 702. The maximum atomic E-state index is 4.35. The van der Waals surface area contributed by atoms with E-state index in [1.54, 1.807) is 0 Å². The van der Waals surface area contributed by atoms with Crippen molar-refractivity contribution in [1.82, 2.24) is 20.2 Å². The summed E-state index contributed by atoms with van der Waals surface area (Å²) in [4.78, 5) is 8.63. The number of hydrogen-bond acceptors (Lipinski definition) is 2. The summed E-state index contributed by atoms with van der Waals surface area (Å²) in [6, 6.07) is 9.07. The smallest absolute Gasteiger partial charge is 0.191 e. The Kier molecular flexibility index (Phi) is 7.70. The van der Waals surface area contributed by atoms with E-state index in [2.05, 4.69) is 70.2 Å². The third-order valence-corrected chi connectivity index (χ3v) is 4.51. The van der Waals surface area contributed by atoms with Crippen molar-refractivity contribution >= 4 is 5.96 Å². The van der Waals surface area contributed by atoms with Crippen LogP contribution in [-0.4, -0.2) is 28.6 Å². The third kappa shape index (κ3) is 6.54. The number of aliphatic imine (C=N–C) groups is 1. The number of rotatable bonds is 8. The van der Waals surface area contributed by atoms with Crippen molar-refractivity contribution in [3.8, 4) is 0 Å². The van der Waals surface area contributed by atoms with Gasteiger partial charge in [0.05, 0.1) is 0 Å². The van der Waals surface area contributed by atoms with Gasteiger partial charge in [-0.3, -0.25) is 4.99 Å². The molecule has 2 rings (SSSR count). The predicted octanol–water partition coefficient (Wildman–Crippen LogP) is 3.73. The molecule has 1 unspecified atom stereocenters. The van der Waals surface area contributed by atoms with E-state index in [-0.39, 0.29) is 0 Å². The topological polar surface area (TPSA) is 54.2 Å². The van der Waals surface area contributed by atoms with E-state index in [0.29, 0.717) is 6.04 Å². The maximum Gasteiger partial charge on any atom is 0.191 e. The van der Waals surface area contributed by atoms with Crippen LogP contribution in [0.4, 0.5) is 0 Å². The zero-order chi connectivity index (χ0) is 18.9. The molecule has 0 spiro atoms. The van der Waals surface area contributed by atoms with Gasteiger partial charge in [0.25, 0.3) is 0 Å². The molecule has 0 fully saturated rings. The van der Waals surface area contributed by atoms with E-state index in [1.807, 2.05) is 26.4 Å². The van der Waals surface area contributed by atoms with Crippen molar-refractivity contribution in [3.63, 3.8) is 0 Å². The lowest BCUT2D eigenvalue weighted by Crippen LogP contribution is -2.41. The monoisotopic (exact) mass is 355 g/mol. The van der Waals surface area contributed by atoms with Gasteiger partial charge in [-0.15, -0.1) is 0 Å². The Balaban J connectivity index is 1.87. The SMILES string of the molecule is CN=C(NCc1cccc(Cn2ccnc2C)c1)NC(C)CCC(C)C. The van der Waals surface area contributed by atoms with E-state index < -0.39 is 0 Å². The minimum absolute atomic E-state index is 0.416. The van der Waals surface area contributed by atoms with E-state index >= 15 is 0 Å². The largest absolute Gasteiger partial charge is 0.354 e. The van der Waals surface area contributed by atoms with Crippen LogP contribution in [0.25, 0.3) is 0 Å². The molecule has 1 atom stereocenters. The number of aryl methyl sites for hydroxylation is 1. The van der Waals surface area contributed by atoms with Gasteiger partial charge in [-0.05, 0) is 43.7 Å². The van der Waals surface area contributed by atoms with Gasteiger partial charge < -0.3 is 15.2 Å². The lowest BCUT2D eigenvalue weighted by atomic mass is 10.0. The quantitative estimate of drug-likeness (QED) is 0.560. The van der Waals surface area contributed by atoms with E-state index in [0.717, 1.165) is 37.2 Å². The number of imidazole rings is 1. The molecule has 26 heavy (non-hydrogen) atoms. The molecule has 142 valence electrons. The molecule has 0 amide bonds. The molecule has 0 aliphatic heterocycles. The van der Waals surface area contributed by atoms with Crippen LogP contribution in [0, 0.1) is 12.8 Å². The number of nitrogens with one attached hydrogen (secondary N) is 2. The second-order valence-corrected chi connectivity index (χ2v) is 7.36. The van der Waals surface area contributed by atoms with Crippen LogP contribution >= 0.6 is 0 Å². The van der Waals surface area contributed by atoms with E-state index in [4.69, 9.17) is 0 Å². The number of nitrogens with zero attached hydrogens (tertiary/aromatic N) is 3. The van der Waals surface area contributed by atoms with Gasteiger partial charge in [0.2, 0.25) is 0 Å². The molecule has 1 heterocycles. The van der Waals surface area contributed by atoms with Gasteiger partial charge in [-0.1, -0.05) is 38.1 Å². The summed E-state index contributed by atoms with van der Waals surface area (Å²) in [5.74, 6) is 2.63. The summed E-state index contributed by atoms with van der Waals surface area (Å²) in [6.07, 6.45) is 6.24. The highest BCUT2D eigenvalue weighted by Crippen LogP contribution is 2.09. The number of aromatic nitrogens is 2. The molecular weight excluding hydrogens is 322 g/mol. The number of benzene rings is 1. The van der Waals surface area contributed by atoms with Crippen LogP contribution in [0.1, 0.15) is 50.6 Å². The van der Waals surface area contributed by atoms with Crippen LogP contribution in [0.5, 0.6) is 0 Å². The molecule has 5 heteroatoms. The van der Waals surface area contributed by atoms with Gasteiger partial charge >= 0.3 is 0 Å². The fourth-order valence-electron chi connectivity index (χ4n) is 2.87. The van der Waals surface area contributed by atoms with Crippen LogP contribution in [0.15, 0.2) is 41.7 Å². The molecule has 2 N–H and O–H groups in total. The molecule has 0 radical (unpaired) electrons. The summed E-state index contributed by atoms with van der Waals surface area (Å²) in [7, 11) is 1.82. The Labute approximate surface area is 158 Å². The van der Waals surface area contributed by atoms with Gasteiger partial charge in [0.1, 0.15) is 5.82 Å². The summed E-state index contributed by atoms with van der Waals surface area (Å²) < 4.78 is 2.16. The molecule has 1 aromatic heterocycles. The molecule has 0 aliphatic carbocycles. The van der Waals surface area contributed by atoms with Gasteiger partial charge in [-0.25, -0.2) is 4.98 Å². The molecule has 1 aromatic carbocycles. The first kappa shape index (κ1) is 20.0. The van der Waals surface area contributed by atoms with Crippen LogP contribution in [0.3, 0.4) is 0 Å². The van der Waals surface area contributed by atoms with Crippen LogP contribution in [-0.2, 0) is 13.1 Å². The molecular formula is C21H33N5. The van der Waals surface area contributed by atoms with Crippen molar-refractivity contribution < 1.29 is 0 Å². The normalized spacial score (nSPS) is 13.1. The summed E-state index contributed by atoms with van der Waals surface area (Å²) in [5, 5.41) is 6.90. The fourth-order valence-corrected chi connectivity index (χ4v) is 2.87. The summed E-state index contributed by atoms with van der Waals surface area (Å²) in [6.45, 7) is 10.4. The Morgan fingerprint density at radius 1 is 1.19 bits per heavy atom. The van der Waals surface area contributed by atoms with Gasteiger partial charge in [0, 0.05) is 38.6 Å². The van der Waals surface area contributed by atoms with Crippen LogP contribution < -0.4 is 10.6 Å². The van der Waals surface area contributed by atoms with E-state index in [9.17, 15) is 0 Å². The molecule has 0 aliphatic rings. The lowest BCUT2D eigenvalue weighted by molar-refractivity contribution is 0.489. The first-order valence-electron chi connectivity index (χ1n) is 9.50. The fraction of sp³-hybridized carbons (Fsp3) is 0.524.